The molecule has 0 aliphatic rings. The van der Waals surface area contributed by atoms with E-state index < -0.39 is 11.6 Å². The summed E-state index contributed by atoms with van der Waals surface area (Å²) in [6, 6.07) is 0. The average molecular weight is 138 g/mol. The van der Waals surface area contributed by atoms with Crippen LogP contribution < -0.4 is 0 Å². The molecule has 0 bridgehead atoms. The maximum absolute atomic E-state index is 10.4. The number of esters is 1. The molecule has 0 saturated carbocycles. The quantitative estimate of drug-likeness (QED) is 0.325. The molecule has 0 rings (SSSR count). The molecule has 54 valence electrons. The largest absolute Gasteiger partial charge is 0.443 e. The molecule has 0 radical (unpaired) electrons. The Morgan fingerprint density at radius 2 is 2.40 bits per heavy atom. The fraction of sp³-hybridized carbons (Fsp3) is 0.375. The van der Waals surface area contributed by atoms with E-state index in [1.807, 2.05) is 0 Å². The molecule has 0 aliphatic heterocycles. The summed E-state index contributed by atoms with van der Waals surface area (Å²) in [5.74, 6) is 1.90. The third kappa shape index (κ3) is 2.36. The summed E-state index contributed by atoms with van der Waals surface area (Å²) in [4.78, 5) is 10.4. The van der Waals surface area contributed by atoms with Crippen LogP contribution in [0, 0.1) is 12.3 Å². The molecule has 1 unspecified atom stereocenters. The maximum atomic E-state index is 10.4. The summed E-state index contributed by atoms with van der Waals surface area (Å²) >= 11 is 0. The number of hydrogen-bond donors (Lipinski definition) is 0. The van der Waals surface area contributed by atoms with Crippen molar-refractivity contribution in [3.63, 3.8) is 0 Å². The predicted octanol–water partition coefficient (Wildman–Crippen LogP) is 1.13. The summed E-state index contributed by atoms with van der Waals surface area (Å²) in [6.45, 7) is 6.34. The van der Waals surface area contributed by atoms with Crippen molar-refractivity contribution in [3.05, 3.63) is 12.7 Å². The van der Waals surface area contributed by atoms with Gasteiger partial charge in [0.1, 0.15) is 0 Å². The van der Waals surface area contributed by atoms with Crippen molar-refractivity contribution >= 4 is 5.97 Å². The molecule has 1 atom stereocenters. The van der Waals surface area contributed by atoms with Gasteiger partial charge in [-0.2, -0.15) is 0 Å². The first-order valence-corrected chi connectivity index (χ1v) is 2.85. The molecule has 2 heteroatoms. The van der Waals surface area contributed by atoms with Gasteiger partial charge in [0.15, 0.2) is 5.60 Å². The van der Waals surface area contributed by atoms with Crippen LogP contribution in [0.5, 0.6) is 0 Å². The first kappa shape index (κ1) is 8.77. The van der Waals surface area contributed by atoms with Crippen molar-refractivity contribution in [2.75, 3.05) is 0 Å². The highest BCUT2D eigenvalue weighted by Crippen LogP contribution is 2.09. The summed E-state index contributed by atoms with van der Waals surface area (Å²) in [7, 11) is 0. The minimum Gasteiger partial charge on any atom is -0.443 e. The summed E-state index contributed by atoms with van der Waals surface area (Å²) in [5.41, 5.74) is -0.953. The van der Waals surface area contributed by atoms with Crippen LogP contribution >= 0.6 is 0 Å². The highest BCUT2D eigenvalue weighted by Gasteiger charge is 2.18. The fourth-order valence-electron chi connectivity index (χ4n) is 0.429. The smallest absolute Gasteiger partial charge is 0.304 e. The molecule has 0 spiro atoms. The van der Waals surface area contributed by atoms with Crippen LogP contribution in [0.2, 0.25) is 0 Å². The zero-order valence-corrected chi connectivity index (χ0v) is 6.18. The Kier molecular flexibility index (Phi) is 2.69. The van der Waals surface area contributed by atoms with E-state index in [4.69, 9.17) is 11.2 Å². The van der Waals surface area contributed by atoms with Crippen molar-refractivity contribution < 1.29 is 9.53 Å². The number of hydrogen-bond acceptors (Lipinski definition) is 2. The van der Waals surface area contributed by atoms with Gasteiger partial charge in [0, 0.05) is 6.92 Å². The van der Waals surface area contributed by atoms with Crippen molar-refractivity contribution in [1.29, 1.82) is 0 Å². The van der Waals surface area contributed by atoms with Crippen LogP contribution in [-0.4, -0.2) is 11.6 Å². The SMILES string of the molecule is C#CC(C)(C=C)OC(C)=O. The lowest BCUT2D eigenvalue weighted by atomic mass is 10.1. The molecule has 0 aromatic heterocycles. The van der Waals surface area contributed by atoms with Crippen LogP contribution in [0.4, 0.5) is 0 Å². The Morgan fingerprint density at radius 1 is 1.90 bits per heavy atom. The lowest BCUT2D eigenvalue weighted by Gasteiger charge is -2.17. The van der Waals surface area contributed by atoms with Crippen LogP contribution in [0.3, 0.4) is 0 Å². The van der Waals surface area contributed by atoms with E-state index in [1.165, 1.54) is 13.0 Å². The molecule has 0 aromatic carbocycles. The van der Waals surface area contributed by atoms with Gasteiger partial charge in [-0.25, -0.2) is 0 Å². The number of ether oxygens (including phenoxy) is 1. The van der Waals surface area contributed by atoms with Gasteiger partial charge in [-0.1, -0.05) is 12.5 Å². The zero-order valence-electron chi connectivity index (χ0n) is 6.18. The van der Waals surface area contributed by atoms with Crippen LogP contribution in [0.1, 0.15) is 13.8 Å². The number of rotatable bonds is 2. The standard InChI is InChI=1S/C8H10O2/c1-5-8(4,6-2)10-7(3)9/h1,6H,2H2,3-4H3. The highest BCUT2D eigenvalue weighted by atomic mass is 16.6. The van der Waals surface area contributed by atoms with Crippen LogP contribution in [-0.2, 0) is 9.53 Å². The predicted molar refractivity (Wildman–Crippen MR) is 39.2 cm³/mol. The second-order valence-corrected chi connectivity index (χ2v) is 2.05. The van der Waals surface area contributed by atoms with E-state index in [9.17, 15) is 4.79 Å². The van der Waals surface area contributed by atoms with Gasteiger partial charge < -0.3 is 4.74 Å². The third-order valence-corrected chi connectivity index (χ3v) is 1.03. The maximum Gasteiger partial charge on any atom is 0.304 e. The van der Waals surface area contributed by atoms with Gasteiger partial charge in [-0.3, -0.25) is 4.79 Å². The second kappa shape index (κ2) is 3.07. The monoisotopic (exact) mass is 138 g/mol. The molecule has 0 N–H and O–H groups in total. The lowest BCUT2D eigenvalue weighted by molar-refractivity contribution is -0.147. The zero-order chi connectivity index (χ0) is 8.20. The van der Waals surface area contributed by atoms with Gasteiger partial charge in [-0.15, -0.1) is 6.42 Å². The van der Waals surface area contributed by atoms with Crippen molar-refractivity contribution in [2.24, 2.45) is 0 Å². The van der Waals surface area contributed by atoms with E-state index in [0.29, 0.717) is 0 Å². The normalized spacial score (nSPS) is 14.5. The molecule has 10 heavy (non-hydrogen) atoms. The van der Waals surface area contributed by atoms with Crippen LogP contribution in [0.15, 0.2) is 12.7 Å². The lowest BCUT2D eigenvalue weighted by Crippen LogP contribution is -2.25. The van der Waals surface area contributed by atoms with Gasteiger partial charge in [0.25, 0.3) is 0 Å². The van der Waals surface area contributed by atoms with E-state index >= 15 is 0 Å². The Hall–Kier alpha value is -1.23. The Labute approximate surface area is 60.9 Å². The topological polar surface area (TPSA) is 26.3 Å². The van der Waals surface area contributed by atoms with Gasteiger partial charge in [-0.05, 0) is 13.0 Å². The van der Waals surface area contributed by atoms with Crippen molar-refractivity contribution in [3.8, 4) is 12.3 Å². The van der Waals surface area contributed by atoms with Gasteiger partial charge in [0.2, 0.25) is 0 Å². The van der Waals surface area contributed by atoms with E-state index in [-0.39, 0.29) is 0 Å². The van der Waals surface area contributed by atoms with E-state index in [2.05, 4.69) is 12.5 Å². The molecule has 0 fully saturated rings. The summed E-state index contributed by atoms with van der Waals surface area (Å²) in [6.07, 6.45) is 6.48. The van der Waals surface area contributed by atoms with E-state index in [0.717, 1.165) is 0 Å². The average Bonchev–Trinajstić information content (AvgIpc) is 1.87. The molecule has 2 nitrogen and oxygen atoms in total. The molecule has 0 amide bonds. The van der Waals surface area contributed by atoms with Crippen molar-refractivity contribution in [1.82, 2.24) is 0 Å². The van der Waals surface area contributed by atoms with Crippen LogP contribution in [0.25, 0.3) is 0 Å². The molecule has 0 aromatic rings. The first-order chi connectivity index (χ1) is 4.54. The molecule has 0 aliphatic carbocycles. The number of carbonyl (C=O) groups excluding carboxylic acids is 1. The summed E-state index contributed by atoms with van der Waals surface area (Å²) in [5, 5.41) is 0. The minimum absolute atomic E-state index is 0.402. The second-order valence-electron chi connectivity index (χ2n) is 2.05. The van der Waals surface area contributed by atoms with E-state index in [1.54, 1.807) is 6.92 Å². The Bertz CT molecular complexity index is 188. The Morgan fingerprint density at radius 3 is 2.50 bits per heavy atom. The molecule has 0 heterocycles. The summed E-state index contributed by atoms with van der Waals surface area (Å²) < 4.78 is 4.74. The van der Waals surface area contributed by atoms with Gasteiger partial charge in [0.05, 0.1) is 0 Å². The Balaban J connectivity index is 4.24. The van der Waals surface area contributed by atoms with Gasteiger partial charge >= 0.3 is 5.97 Å². The van der Waals surface area contributed by atoms with Crippen molar-refractivity contribution in [2.45, 2.75) is 19.4 Å². The number of carbonyl (C=O) groups is 1. The number of terminal acetylenes is 1. The fourth-order valence-corrected chi connectivity index (χ4v) is 0.429. The first-order valence-electron chi connectivity index (χ1n) is 2.85. The molecular weight excluding hydrogens is 128 g/mol. The highest BCUT2D eigenvalue weighted by molar-refractivity contribution is 5.67. The third-order valence-electron chi connectivity index (χ3n) is 1.03. The minimum atomic E-state index is -0.953. The molecule has 0 saturated heterocycles. The molecular formula is C8H10O2.